The summed E-state index contributed by atoms with van der Waals surface area (Å²) >= 11 is 5.81. The van der Waals surface area contributed by atoms with Gasteiger partial charge in [0.25, 0.3) is 5.91 Å². The van der Waals surface area contributed by atoms with Crippen molar-refractivity contribution in [2.75, 3.05) is 5.32 Å². The molecule has 27 heavy (non-hydrogen) atoms. The fraction of sp³-hybridized carbons (Fsp3) is 0.353. The number of aliphatic imine (C=N–C) groups is 1. The Morgan fingerprint density at radius 1 is 1.22 bits per heavy atom. The Morgan fingerprint density at radius 3 is 2.48 bits per heavy atom. The molecule has 2 aromatic rings. The number of rotatable bonds is 3. The number of aromatic nitrogens is 2. The second-order valence-electron chi connectivity index (χ2n) is 6.17. The zero-order valence-corrected chi connectivity index (χ0v) is 14.9. The lowest BCUT2D eigenvalue weighted by Crippen LogP contribution is -2.37. The topological polar surface area (TPSA) is 82.2 Å². The predicted molar refractivity (Wildman–Crippen MR) is 95.8 cm³/mol. The molecule has 1 aliphatic rings. The first kappa shape index (κ1) is 19.2. The molecule has 144 valence electrons. The van der Waals surface area contributed by atoms with Crippen molar-refractivity contribution >= 4 is 29.3 Å². The summed E-state index contributed by atoms with van der Waals surface area (Å²) in [5.74, 6) is -0.486. The number of aromatic amines is 1. The van der Waals surface area contributed by atoms with E-state index in [-0.39, 0.29) is 17.8 Å². The van der Waals surface area contributed by atoms with Crippen LogP contribution in [0.3, 0.4) is 0 Å². The third kappa shape index (κ3) is 5.22. The number of carbonyl (C=O) groups is 1. The van der Waals surface area contributed by atoms with E-state index < -0.39 is 17.8 Å². The number of hydrogen-bond donors (Lipinski definition) is 3. The van der Waals surface area contributed by atoms with E-state index >= 15 is 0 Å². The molecule has 0 aliphatic heterocycles. The summed E-state index contributed by atoms with van der Waals surface area (Å²) in [6, 6.07) is 7.04. The number of amides is 1. The number of carbonyl (C=O) groups excluding carboxylic acids is 1. The maximum atomic E-state index is 12.7. The molecule has 0 radical (unpaired) electrons. The van der Waals surface area contributed by atoms with Crippen molar-refractivity contribution in [3.63, 3.8) is 0 Å². The molecule has 0 bridgehead atoms. The van der Waals surface area contributed by atoms with E-state index in [1.165, 1.54) is 0 Å². The first-order chi connectivity index (χ1) is 12.8. The van der Waals surface area contributed by atoms with Crippen LogP contribution in [0.1, 0.15) is 41.7 Å². The number of H-pyrrole nitrogens is 1. The second kappa shape index (κ2) is 7.99. The molecular formula is C17H17ClF3N5O. The van der Waals surface area contributed by atoms with Crippen LogP contribution in [0.4, 0.5) is 19.0 Å². The fourth-order valence-corrected chi connectivity index (χ4v) is 2.87. The van der Waals surface area contributed by atoms with E-state index in [1.807, 2.05) is 5.10 Å². The van der Waals surface area contributed by atoms with E-state index in [2.05, 4.69) is 20.7 Å². The van der Waals surface area contributed by atoms with E-state index in [1.54, 1.807) is 24.3 Å². The molecule has 6 nitrogen and oxygen atoms in total. The normalized spacial score (nSPS) is 15.8. The van der Waals surface area contributed by atoms with Gasteiger partial charge in [-0.2, -0.15) is 18.3 Å². The molecule has 1 amide bonds. The Bertz CT molecular complexity index is 826. The van der Waals surface area contributed by atoms with Crippen molar-refractivity contribution in [3.8, 4) is 0 Å². The van der Waals surface area contributed by atoms with Crippen molar-refractivity contribution in [3.05, 3.63) is 46.6 Å². The molecule has 3 N–H and O–H groups in total. The average molecular weight is 400 g/mol. The fourth-order valence-electron chi connectivity index (χ4n) is 2.74. The molecule has 10 heteroatoms. The average Bonchev–Trinajstić information content (AvgIpc) is 3.27. The van der Waals surface area contributed by atoms with E-state index in [0.717, 1.165) is 31.7 Å². The highest BCUT2D eigenvalue weighted by Crippen LogP contribution is 2.28. The largest absolute Gasteiger partial charge is 0.432 e. The standard InChI is InChI=1S/C17H17ClF3N5O/c18-11-7-5-10(6-8-11)15(27)24-16(22-12-3-1-2-4-12)23-14-9-13(25-26-14)17(19,20)21/h5-9,12H,1-4H2,(H3,22,23,24,25,26,27). The summed E-state index contributed by atoms with van der Waals surface area (Å²) < 4.78 is 38.2. The molecule has 1 fully saturated rings. The van der Waals surface area contributed by atoms with Crippen molar-refractivity contribution < 1.29 is 18.0 Å². The molecule has 1 saturated carbocycles. The lowest BCUT2D eigenvalue weighted by molar-refractivity contribution is -0.141. The van der Waals surface area contributed by atoms with E-state index in [9.17, 15) is 18.0 Å². The Labute approximate surface area is 158 Å². The number of halogens is 4. The maximum absolute atomic E-state index is 12.7. The molecule has 1 heterocycles. The first-order valence-corrected chi connectivity index (χ1v) is 8.73. The van der Waals surface area contributed by atoms with E-state index in [4.69, 9.17) is 11.6 Å². The van der Waals surface area contributed by atoms with Gasteiger partial charge < -0.3 is 5.32 Å². The molecular weight excluding hydrogens is 383 g/mol. The molecule has 0 unspecified atom stereocenters. The number of nitrogens with one attached hydrogen (secondary N) is 3. The molecule has 3 rings (SSSR count). The highest BCUT2D eigenvalue weighted by atomic mass is 35.5. The van der Waals surface area contributed by atoms with Gasteiger partial charge in [0, 0.05) is 16.7 Å². The van der Waals surface area contributed by atoms with Crippen LogP contribution in [-0.4, -0.2) is 28.1 Å². The second-order valence-corrected chi connectivity index (χ2v) is 6.60. The minimum absolute atomic E-state index is 0.000883. The van der Waals surface area contributed by atoms with Crippen LogP contribution in [0.2, 0.25) is 5.02 Å². The van der Waals surface area contributed by atoms with Crippen molar-refractivity contribution in [2.24, 2.45) is 4.99 Å². The zero-order valence-electron chi connectivity index (χ0n) is 14.1. The number of benzene rings is 1. The minimum Gasteiger partial charge on any atom is -0.309 e. The number of anilines is 1. The first-order valence-electron chi connectivity index (χ1n) is 8.35. The summed E-state index contributed by atoms with van der Waals surface area (Å²) in [4.78, 5) is 16.8. The lowest BCUT2D eigenvalue weighted by Gasteiger charge is -2.12. The Balaban J connectivity index is 1.77. The van der Waals surface area contributed by atoms with Gasteiger partial charge in [-0.05, 0) is 37.1 Å². The van der Waals surface area contributed by atoms with Gasteiger partial charge >= 0.3 is 6.18 Å². The zero-order chi connectivity index (χ0) is 19.4. The molecule has 1 aromatic carbocycles. The molecule has 0 saturated heterocycles. The summed E-state index contributed by atoms with van der Waals surface area (Å²) in [5, 5.41) is 11.2. The number of alkyl halides is 3. The van der Waals surface area contributed by atoms with E-state index in [0.29, 0.717) is 10.6 Å². The Kier molecular flexibility index (Phi) is 5.69. The predicted octanol–water partition coefficient (Wildman–Crippen LogP) is 4.22. The van der Waals surface area contributed by atoms with Crippen LogP contribution in [0.25, 0.3) is 0 Å². The van der Waals surface area contributed by atoms with Crippen LogP contribution >= 0.6 is 11.6 Å². The Morgan fingerprint density at radius 2 is 1.89 bits per heavy atom. The molecule has 0 spiro atoms. The van der Waals surface area contributed by atoms with Gasteiger partial charge in [0.15, 0.2) is 5.82 Å². The minimum atomic E-state index is -4.54. The van der Waals surface area contributed by atoms with Gasteiger partial charge in [0.2, 0.25) is 5.96 Å². The monoisotopic (exact) mass is 399 g/mol. The molecule has 1 aromatic heterocycles. The highest BCUT2D eigenvalue weighted by molar-refractivity contribution is 6.30. The number of nitrogens with zero attached hydrogens (tertiary/aromatic N) is 2. The smallest absolute Gasteiger partial charge is 0.309 e. The van der Waals surface area contributed by atoms with Crippen molar-refractivity contribution in [2.45, 2.75) is 37.9 Å². The van der Waals surface area contributed by atoms with Crippen molar-refractivity contribution in [1.29, 1.82) is 0 Å². The van der Waals surface area contributed by atoms with Crippen LogP contribution in [0.15, 0.2) is 35.3 Å². The van der Waals surface area contributed by atoms with Crippen molar-refractivity contribution in [1.82, 2.24) is 15.5 Å². The van der Waals surface area contributed by atoms with Crippen LogP contribution in [0.5, 0.6) is 0 Å². The highest BCUT2D eigenvalue weighted by Gasteiger charge is 2.33. The van der Waals surface area contributed by atoms with Gasteiger partial charge in [-0.1, -0.05) is 24.4 Å². The van der Waals surface area contributed by atoms with Gasteiger partial charge in [-0.25, -0.2) is 4.99 Å². The SMILES string of the molecule is O=C(NC(=NC1CCCC1)Nc1cc(C(F)(F)F)[nH]n1)c1ccc(Cl)cc1. The van der Waals surface area contributed by atoms with Gasteiger partial charge in [0.05, 0.1) is 6.04 Å². The summed E-state index contributed by atoms with van der Waals surface area (Å²) in [6.45, 7) is 0. The lowest BCUT2D eigenvalue weighted by atomic mass is 10.2. The van der Waals surface area contributed by atoms with Crippen LogP contribution < -0.4 is 10.6 Å². The number of guanidine groups is 1. The quantitative estimate of drug-likeness (QED) is 0.533. The number of hydrogen-bond acceptors (Lipinski definition) is 3. The summed E-state index contributed by atoms with van der Waals surface area (Å²) in [6.07, 6.45) is -0.782. The summed E-state index contributed by atoms with van der Waals surface area (Å²) in [5.41, 5.74) is -0.646. The summed E-state index contributed by atoms with van der Waals surface area (Å²) in [7, 11) is 0. The van der Waals surface area contributed by atoms with Gasteiger partial charge in [-0.15, -0.1) is 0 Å². The third-order valence-corrected chi connectivity index (χ3v) is 4.36. The molecule has 0 atom stereocenters. The van der Waals surface area contributed by atoms with Gasteiger partial charge in [0.1, 0.15) is 5.69 Å². The maximum Gasteiger partial charge on any atom is 0.432 e. The van der Waals surface area contributed by atoms with Crippen LogP contribution in [-0.2, 0) is 6.18 Å². The van der Waals surface area contributed by atoms with Gasteiger partial charge in [-0.3, -0.25) is 15.2 Å². The third-order valence-electron chi connectivity index (χ3n) is 4.10. The Hall–Kier alpha value is -2.55. The van der Waals surface area contributed by atoms with Crippen LogP contribution in [0, 0.1) is 0 Å². The molecule has 1 aliphatic carbocycles.